The molecule has 1 aromatic heterocycles. The van der Waals surface area contributed by atoms with Gasteiger partial charge in [0.05, 0.1) is 0 Å². The Bertz CT molecular complexity index is 554. The molecule has 1 amide bonds. The Morgan fingerprint density at radius 1 is 1.00 bits per heavy atom. The monoisotopic (exact) mass is 297 g/mol. The summed E-state index contributed by atoms with van der Waals surface area (Å²) in [7, 11) is 0. The second-order valence-electron chi connectivity index (χ2n) is 5.46. The summed E-state index contributed by atoms with van der Waals surface area (Å²) < 4.78 is 2.16. The Morgan fingerprint density at radius 2 is 1.68 bits per heavy atom. The first-order valence-corrected chi connectivity index (χ1v) is 8.05. The predicted molar refractivity (Wildman–Crippen MR) is 88.0 cm³/mol. The van der Waals surface area contributed by atoms with Crippen molar-refractivity contribution in [2.75, 3.05) is 6.54 Å². The molecule has 1 aromatic carbocycles. The van der Waals surface area contributed by atoms with Gasteiger partial charge in [0.1, 0.15) is 6.54 Å². The molecule has 0 aliphatic heterocycles. The molecule has 0 spiro atoms. The lowest BCUT2D eigenvalue weighted by Crippen LogP contribution is -2.33. The van der Waals surface area contributed by atoms with Gasteiger partial charge in [-0.05, 0) is 18.9 Å². The molecule has 0 N–H and O–H groups in total. The van der Waals surface area contributed by atoms with Crippen molar-refractivity contribution in [3.63, 3.8) is 0 Å². The second-order valence-corrected chi connectivity index (χ2v) is 5.46. The first-order valence-electron chi connectivity index (χ1n) is 8.05. The average molecular weight is 297 g/mol. The number of carbonyl (C=O) groups excluding carboxylic acids is 1. The molecule has 0 bridgehead atoms. The lowest BCUT2D eigenvalue weighted by Gasteiger charge is -2.21. The van der Waals surface area contributed by atoms with E-state index >= 15 is 0 Å². The number of amides is 1. The van der Waals surface area contributed by atoms with Crippen LogP contribution in [-0.4, -0.2) is 17.4 Å². The van der Waals surface area contributed by atoms with Crippen LogP contribution in [0.2, 0.25) is 0 Å². The third-order valence-electron chi connectivity index (χ3n) is 3.78. The zero-order valence-corrected chi connectivity index (χ0v) is 13.3. The van der Waals surface area contributed by atoms with Gasteiger partial charge in [-0.25, -0.2) is 4.57 Å². The normalized spacial score (nSPS) is 10.4. The molecule has 0 saturated carbocycles. The molecule has 3 nitrogen and oxygen atoms in total. The highest BCUT2D eigenvalue weighted by atomic mass is 16.2. The van der Waals surface area contributed by atoms with Crippen LogP contribution in [0.3, 0.4) is 0 Å². The zero-order chi connectivity index (χ0) is 15.6. The maximum atomic E-state index is 12.3. The van der Waals surface area contributed by atoms with Crippen molar-refractivity contribution >= 4 is 5.91 Å². The first kappa shape index (κ1) is 16.2. The van der Waals surface area contributed by atoms with Crippen molar-refractivity contribution in [3.05, 3.63) is 66.5 Å². The molecule has 0 atom stereocenters. The summed E-state index contributed by atoms with van der Waals surface area (Å²) in [4.78, 5) is 14.2. The Kier molecular flexibility index (Phi) is 6.62. The molecule has 0 fully saturated rings. The van der Waals surface area contributed by atoms with E-state index in [4.69, 9.17) is 0 Å². The van der Waals surface area contributed by atoms with Crippen molar-refractivity contribution in [2.24, 2.45) is 0 Å². The fourth-order valence-electron chi connectivity index (χ4n) is 2.49. The predicted octanol–water partition coefficient (Wildman–Crippen LogP) is 3.19. The molecule has 0 aliphatic carbocycles. The topological polar surface area (TPSA) is 24.2 Å². The minimum atomic E-state index is 0.254. The second kappa shape index (κ2) is 8.98. The number of pyridine rings is 1. The van der Waals surface area contributed by atoms with Gasteiger partial charge in [0.2, 0.25) is 5.91 Å². The summed E-state index contributed by atoms with van der Waals surface area (Å²) in [5.74, 6) is 0.254. The quantitative estimate of drug-likeness (QED) is 0.542. The van der Waals surface area contributed by atoms with Crippen molar-refractivity contribution in [2.45, 2.75) is 39.3 Å². The average Bonchev–Trinajstić information content (AvgIpc) is 2.58. The highest BCUT2D eigenvalue weighted by Crippen LogP contribution is 2.07. The van der Waals surface area contributed by atoms with E-state index in [1.54, 1.807) is 0 Å². The van der Waals surface area contributed by atoms with Crippen LogP contribution in [0.4, 0.5) is 0 Å². The number of aryl methyl sites for hydroxylation is 1. The SMILES string of the molecule is CCN(Cc1ccccc1)C(=O)CCCC[n+]1ccccc1. The number of carbonyl (C=O) groups is 1. The Morgan fingerprint density at radius 3 is 2.36 bits per heavy atom. The number of rotatable bonds is 8. The molecule has 2 rings (SSSR count). The summed E-state index contributed by atoms with van der Waals surface area (Å²) in [5.41, 5.74) is 1.19. The number of hydrogen-bond acceptors (Lipinski definition) is 1. The van der Waals surface area contributed by atoms with E-state index < -0.39 is 0 Å². The molecular weight excluding hydrogens is 272 g/mol. The smallest absolute Gasteiger partial charge is 0.222 e. The zero-order valence-electron chi connectivity index (χ0n) is 13.3. The van der Waals surface area contributed by atoms with E-state index in [0.717, 1.165) is 25.9 Å². The Hall–Kier alpha value is -2.16. The van der Waals surface area contributed by atoms with Crippen molar-refractivity contribution in [3.8, 4) is 0 Å². The third kappa shape index (κ3) is 5.32. The minimum absolute atomic E-state index is 0.254. The fraction of sp³-hybridized carbons (Fsp3) is 0.368. The van der Waals surface area contributed by atoms with Crippen LogP contribution in [0.5, 0.6) is 0 Å². The number of hydrogen-bond donors (Lipinski definition) is 0. The third-order valence-corrected chi connectivity index (χ3v) is 3.78. The highest BCUT2D eigenvalue weighted by Gasteiger charge is 2.12. The summed E-state index contributed by atoms with van der Waals surface area (Å²) in [6, 6.07) is 16.3. The number of aromatic nitrogens is 1. The summed E-state index contributed by atoms with van der Waals surface area (Å²) in [5, 5.41) is 0. The van der Waals surface area contributed by atoms with E-state index in [0.29, 0.717) is 13.0 Å². The summed E-state index contributed by atoms with van der Waals surface area (Å²) in [6.45, 7) is 4.49. The summed E-state index contributed by atoms with van der Waals surface area (Å²) >= 11 is 0. The van der Waals surface area contributed by atoms with Crippen LogP contribution in [0.15, 0.2) is 60.9 Å². The van der Waals surface area contributed by atoms with Gasteiger partial charge in [-0.3, -0.25) is 4.79 Å². The van der Waals surface area contributed by atoms with Crippen molar-refractivity contribution in [1.29, 1.82) is 0 Å². The van der Waals surface area contributed by atoms with E-state index in [1.165, 1.54) is 5.56 Å². The minimum Gasteiger partial charge on any atom is -0.339 e. The first-order chi connectivity index (χ1) is 10.8. The lowest BCUT2D eigenvalue weighted by atomic mass is 10.2. The summed E-state index contributed by atoms with van der Waals surface area (Å²) in [6.07, 6.45) is 6.73. The molecule has 0 unspecified atom stereocenters. The van der Waals surface area contributed by atoms with Crippen LogP contribution < -0.4 is 4.57 Å². The molecule has 116 valence electrons. The van der Waals surface area contributed by atoms with Crippen molar-refractivity contribution in [1.82, 2.24) is 4.90 Å². The Labute approximate surface area is 133 Å². The van der Waals surface area contributed by atoms with Gasteiger partial charge in [-0.1, -0.05) is 36.4 Å². The van der Waals surface area contributed by atoms with E-state index in [1.807, 2.05) is 48.2 Å². The van der Waals surface area contributed by atoms with Crippen LogP contribution in [0, 0.1) is 0 Å². The molecule has 22 heavy (non-hydrogen) atoms. The molecular formula is C19H25N2O+. The lowest BCUT2D eigenvalue weighted by molar-refractivity contribution is -0.697. The highest BCUT2D eigenvalue weighted by molar-refractivity contribution is 5.76. The molecule has 0 saturated heterocycles. The Balaban J connectivity index is 1.73. The van der Waals surface area contributed by atoms with Gasteiger partial charge in [0, 0.05) is 38.1 Å². The van der Waals surface area contributed by atoms with Crippen LogP contribution >= 0.6 is 0 Å². The maximum Gasteiger partial charge on any atom is 0.222 e. The largest absolute Gasteiger partial charge is 0.339 e. The van der Waals surface area contributed by atoms with Crippen LogP contribution in [-0.2, 0) is 17.9 Å². The molecule has 1 heterocycles. The standard InChI is InChI=1S/C19H25N2O/c1-2-21(17-18-11-5-3-6-12-18)19(22)13-7-10-16-20-14-8-4-9-15-20/h3-6,8-9,11-12,14-15H,2,7,10,13,16-17H2,1H3/q+1. The van der Waals surface area contributed by atoms with E-state index in [9.17, 15) is 4.79 Å². The fourth-order valence-corrected chi connectivity index (χ4v) is 2.49. The van der Waals surface area contributed by atoms with Crippen LogP contribution in [0.1, 0.15) is 31.7 Å². The molecule has 3 heteroatoms. The molecule has 0 aliphatic rings. The van der Waals surface area contributed by atoms with E-state index in [-0.39, 0.29) is 5.91 Å². The van der Waals surface area contributed by atoms with Gasteiger partial charge >= 0.3 is 0 Å². The number of nitrogens with zero attached hydrogens (tertiary/aromatic N) is 2. The number of unbranched alkanes of at least 4 members (excludes halogenated alkanes) is 1. The van der Waals surface area contributed by atoms with Gasteiger partial charge < -0.3 is 4.90 Å². The maximum absolute atomic E-state index is 12.3. The van der Waals surface area contributed by atoms with Gasteiger partial charge in [0.15, 0.2) is 12.4 Å². The van der Waals surface area contributed by atoms with Gasteiger partial charge in [-0.2, -0.15) is 0 Å². The van der Waals surface area contributed by atoms with E-state index in [2.05, 4.69) is 29.1 Å². The van der Waals surface area contributed by atoms with Gasteiger partial charge in [-0.15, -0.1) is 0 Å². The molecule has 2 aromatic rings. The number of benzene rings is 1. The van der Waals surface area contributed by atoms with Gasteiger partial charge in [0.25, 0.3) is 0 Å². The van der Waals surface area contributed by atoms with Crippen molar-refractivity contribution < 1.29 is 9.36 Å². The molecule has 0 radical (unpaired) electrons. The van der Waals surface area contributed by atoms with Crippen LogP contribution in [0.25, 0.3) is 0 Å².